The molecule has 2 aromatic rings. The molecule has 0 fully saturated rings. The van der Waals surface area contributed by atoms with Crippen LogP contribution in [0.15, 0.2) is 10.6 Å². The zero-order chi connectivity index (χ0) is 10.7. The number of nitrogens with two attached hydrogens (primary N) is 1. The Bertz CT molecular complexity index is 433. The molecule has 0 saturated carbocycles. The zero-order valence-electron chi connectivity index (χ0n) is 8.53. The minimum atomic E-state index is 0.415. The summed E-state index contributed by atoms with van der Waals surface area (Å²) in [6, 6.07) is 1.66. The number of aromatic amines is 1. The van der Waals surface area contributed by atoms with Crippen LogP contribution in [0.4, 0.5) is 5.82 Å². The quantitative estimate of drug-likeness (QED) is 0.789. The van der Waals surface area contributed by atoms with Crippen LogP contribution in [0.25, 0.3) is 11.6 Å². The van der Waals surface area contributed by atoms with Gasteiger partial charge in [-0.1, -0.05) is 18.5 Å². The van der Waals surface area contributed by atoms with Crippen molar-refractivity contribution in [1.29, 1.82) is 0 Å². The number of nitrogens with one attached hydrogen (secondary N) is 1. The van der Waals surface area contributed by atoms with Crippen LogP contribution in [0.5, 0.6) is 0 Å². The lowest BCUT2D eigenvalue weighted by Gasteiger charge is -1.87. The minimum Gasteiger partial charge on any atom is -0.382 e. The number of aryl methyl sites for hydroxylation is 1. The Balaban J connectivity index is 2.13. The maximum absolute atomic E-state index is 5.47. The zero-order valence-corrected chi connectivity index (χ0v) is 8.53. The van der Waals surface area contributed by atoms with Gasteiger partial charge in [0.25, 0.3) is 5.89 Å². The van der Waals surface area contributed by atoms with Crippen LogP contribution in [-0.4, -0.2) is 20.3 Å². The standard InChI is InChI=1S/C9H13N5O/c1-2-3-4-8-11-9(15-14-8)6-5-7(10)13-12-6/h5H,2-4H2,1H3,(H3,10,12,13). The van der Waals surface area contributed by atoms with E-state index in [0.717, 1.165) is 25.1 Å². The highest BCUT2D eigenvalue weighted by Crippen LogP contribution is 2.16. The van der Waals surface area contributed by atoms with E-state index in [1.54, 1.807) is 6.07 Å². The molecular weight excluding hydrogens is 194 g/mol. The molecule has 2 heterocycles. The van der Waals surface area contributed by atoms with Crippen molar-refractivity contribution in [3.63, 3.8) is 0 Å². The first-order valence-corrected chi connectivity index (χ1v) is 4.93. The van der Waals surface area contributed by atoms with Crippen molar-refractivity contribution in [2.24, 2.45) is 0 Å². The van der Waals surface area contributed by atoms with Gasteiger partial charge >= 0.3 is 0 Å². The fourth-order valence-electron chi connectivity index (χ4n) is 1.25. The molecule has 0 saturated heterocycles. The summed E-state index contributed by atoms with van der Waals surface area (Å²) in [7, 11) is 0. The Labute approximate surface area is 86.9 Å². The SMILES string of the molecule is CCCCc1noc(-c2cc(N)n[nH]2)n1. The summed E-state index contributed by atoms with van der Waals surface area (Å²) in [6.45, 7) is 2.12. The Hall–Kier alpha value is -1.85. The maximum Gasteiger partial charge on any atom is 0.276 e. The fourth-order valence-corrected chi connectivity index (χ4v) is 1.25. The van der Waals surface area contributed by atoms with E-state index < -0.39 is 0 Å². The molecule has 0 aromatic carbocycles. The number of rotatable bonds is 4. The highest BCUT2D eigenvalue weighted by Gasteiger charge is 2.10. The number of aromatic nitrogens is 4. The summed E-state index contributed by atoms with van der Waals surface area (Å²) in [5.74, 6) is 1.57. The molecule has 0 atom stereocenters. The normalized spacial score (nSPS) is 10.7. The average molecular weight is 207 g/mol. The monoisotopic (exact) mass is 207 g/mol. The molecule has 0 spiro atoms. The second-order valence-corrected chi connectivity index (χ2v) is 3.33. The molecule has 6 heteroatoms. The molecule has 2 aromatic heterocycles. The van der Waals surface area contributed by atoms with Gasteiger partial charge in [-0.15, -0.1) is 0 Å². The summed E-state index contributed by atoms with van der Waals surface area (Å²) >= 11 is 0. The first kappa shape index (κ1) is 9.70. The number of unbranched alkanes of at least 4 members (excludes halogenated alkanes) is 1. The van der Waals surface area contributed by atoms with Crippen molar-refractivity contribution in [3.8, 4) is 11.6 Å². The number of nitrogen functional groups attached to an aromatic ring is 1. The van der Waals surface area contributed by atoms with Gasteiger partial charge in [0.1, 0.15) is 11.5 Å². The van der Waals surface area contributed by atoms with Crippen molar-refractivity contribution in [2.75, 3.05) is 5.73 Å². The van der Waals surface area contributed by atoms with E-state index in [2.05, 4.69) is 27.3 Å². The van der Waals surface area contributed by atoms with Crippen molar-refractivity contribution < 1.29 is 4.52 Å². The summed E-state index contributed by atoms with van der Waals surface area (Å²) in [6.07, 6.45) is 3.01. The van der Waals surface area contributed by atoms with E-state index in [0.29, 0.717) is 17.4 Å². The number of hydrogen-bond donors (Lipinski definition) is 2. The molecule has 15 heavy (non-hydrogen) atoms. The Morgan fingerprint density at radius 2 is 2.40 bits per heavy atom. The van der Waals surface area contributed by atoms with Crippen molar-refractivity contribution >= 4 is 5.82 Å². The first-order valence-electron chi connectivity index (χ1n) is 4.93. The first-order chi connectivity index (χ1) is 7.29. The molecule has 0 amide bonds. The molecule has 0 aliphatic rings. The highest BCUT2D eigenvalue weighted by atomic mass is 16.5. The second kappa shape index (κ2) is 4.12. The van der Waals surface area contributed by atoms with Gasteiger partial charge in [-0.3, -0.25) is 5.10 Å². The predicted octanol–water partition coefficient (Wildman–Crippen LogP) is 1.38. The lowest BCUT2D eigenvalue weighted by atomic mass is 10.2. The van der Waals surface area contributed by atoms with E-state index >= 15 is 0 Å². The van der Waals surface area contributed by atoms with Crippen LogP contribution < -0.4 is 5.73 Å². The van der Waals surface area contributed by atoms with Crippen LogP contribution in [0, 0.1) is 0 Å². The summed E-state index contributed by atoms with van der Waals surface area (Å²) in [5.41, 5.74) is 6.13. The average Bonchev–Trinajstić information content (AvgIpc) is 2.83. The third kappa shape index (κ3) is 2.15. The van der Waals surface area contributed by atoms with E-state index in [1.165, 1.54) is 0 Å². The van der Waals surface area contributed by atoms with Crippen molar-refractivity contribution in [3.05, 3.63) is 11.9 Å². The van der Waals surface area contributed by atoms with Crippen LogP contribution in [0.3, 0.4) is 0 Å². The van der Waals surface area contributed by atoms with Gasteiger partial charge in [0.05, 0.1) is 0 Å². The molecule has 0 aliphatic carbocycles. The number of nitrogens with zero attached hydrogens (tertiary/aromatic N) is 3. The largest absolute Gasteiger partial charge is 0.382 e. The van der Waals surface area contributed by atoms with Crippen LogP contribution >= 0.6 is 0 Å². The molecular formula is C9H13N5O. The molecule has 2 rings (SSSR count). The smallest absolute Gasteiger partial charge is 0.276 e. The predicted molar refractivity (Wildman–Crippen MR) is 54.9 cm³/mol. The van der Waals surface area contributed by atoms with Crippen LogP contribution in [-0.2, 0) is 6.42 Å². The van der Waals surface area contributed by atoms with E-state index in [-0.39, 0.29) is 0 Å². The molecule has 0 unspecified atom stereocenters. The van der Waals surface area contributed by atoms with Gasteiger partial charge in [-0.05, 0) is 6.42 Å². The lowest BCUT2D eigenvalue weighted by Crippen LogP contribution is -1.87. The molecule has 0 aliphatic heterocycles. The van der Waals surface area contributed by atoms with Crippen LogP contribution in [0.2, 0.25) is 0 Å². The third-order valence-electron chi connectivity index (χ3n) is 2.05. The topological polar surface area (TPSA) is 93.6 Å². The Morgan fingerprint density at radius 1 is 1.53 bits per heavy atom. The van der Waals surface area contributed by atoms with Crippen LogP contribution in [0.1, 0.15) is 25.6 Å². The Morgan fingerprint density at radius 3 is 3.07 bits per heavy atom. The van der Waals surface area contributed by atoms with Gasteiger partial charge in [-0.2, -0.15) is 10.1 Å². The maximum atomic E-state index is 5.47. The summed E-state index contributed by atoms with van der Waals surface area (Å²) < 4.78 is 5.07. The summed E-state index contributed by atoms with van der Waals surface area (Å²) in [4.78, 5) is 4.23. The number of H-pyrrole nitrogens is 1. The molecule has 6 nitrogen and oxygen atoms in total. The summed E-state index contributed by atoms with van der Waals surface area (Å²) in [5, 5.41) is 10.4. The van der Waals surface area contributed by atoms with E-state index in [4.69, 9.17) is 10.3 Å². The molecule has 3 N–H and O–H groups in total. The minimum absolute atomic E-state index is 0.415. The van der Waals surface area contributed by atoms with Gasteiger partial charge in [-0.25, -0.2) is 0 Å². The number of hydrogen-bond acceptors (Lipinski definition) is 5. The number of anilines is 1. The lowest BCUT2D eigenvalue weighted by molar-refractivity contribution is 0.420. The molecule has 80 valence electrons. The van der Waals surface area contributed by atoms with Gasteiger partial charge < -0.3 is 10.3 Å². The Kier molecular flexibility index (Phi) is 2.66. The van der Waals surface area contributed by atoms with Crippen molar-refractivity contribution in [1.82, 2.24) is 20.3 Å². The van der Waals surface area contributed by atoms with Crippen molar-refractivity contribution in [2.45, 2.75) is 26.2 Å². The highest BCUT2D eigenvalue weighted by molar-refractivity contribution is 5.51. The fraction of sp³-hybridized carbons (Fsp3) is 0.444. The third-order valence-corrected chi connectivity index (χ3v) is 2.05. The van der Waals surface area contributed by atoms with E-state index in [1.807, 2.05) is 0 Å². The van der Waals surface area contributed by atoms with Gasteiger partial charge in [0, 0.05) is 12.5 Å². The van der Waals surface area contributed by atoms with Gasteiger partial charge in [0.15, 0.2) is 5.82 Å². The van der Waals surface area contributed by atoms with Gasteiger partial charge in [0.2, 0.25) is 0 Å². The second-order valence-electron chi connectivity index (χ2n) is 3.33. The van der Waals surface area contributed by atoms with E-state index in [9.17, 15) is 0 Å². The molecule has 0 bridgehead atoms. The molecule has 0 radical (unpaired) electrons.